The third-order valence-corrected chi connectivity index (χ3v) is 5.23. The second-order valence-corrected chi connectivity index (χ2v) is 7.27. The van der Waals surface area contributed by atoms with Crippen LogP contribution in [0.4, 0.5) is 5.69 Å². The summed E-state index contributed by atoms with van der Waals surface area (Å²) in [5, 5.41) is 9.84. The van der Waals surface area contributed by atoms with E-state index in [-0.39, 0.29) is 11.5 Å². The highest BCUT2D eigenvalue weighted by Gasteiger charge is 2.32. The highest BCUT2D eigenvalue weighted by molar-refractivity contribution is 8.18. The maximum Gasteiger partial charge on any atom is 0.337 e. The minimum atomic E-state index is -1.06. The fraction of sp³-hybridized carbons (Fsp3) is 0.227. The normalized spacial score (nSPS) is 16.6. The van der Waals surface area contributed by atoms with Crippen molar-refractivity contribution in [2.75, 3.05) is 13.2 Å². The molecule has 0 aliphatic carbocycles. The van der Waals surface area contributed by atoms with E-state index in [2.05, 4.69) is 4.99 Å². The second-order valence-electron chi connectivity index (χ2n) is 6.26. The largest absolute Gasteiger partial charge is 0.493 e. The number of para-hydroxylation sites is 2. The molecule has 150 valence electrons. The third-order valence-electron chi connectivity index (χ3n) is 4.22. The number of ether oxygens (including phenoxy) is 1. The highest BCUT2D eigenvalue weighted by atomic mass is 32.2. The number of nitrogens with zero attached hydrogens (tertiary/aromatic N) is 2. The summed E-state index contributed by atoms with van der Waals surface area (Å²) in [6, 6.07) is 14.1. The molecule has 1 amide bonds. The Bertz CT molecular complexity index is 984. The molecule has 2 aromatic rings. The smallest absolute Gasteiger partial charge is 0.337 e. The Labute approximate surface area is 173 Å². The number of likely N-dealkylation sites (N-methyl/N-ethyl adjacent to an activating group) is 1. The molecule has 1 heterocycles. The van der Waals surface area contributed by atoms with Crippen LogP contribution in [0.3, 0.4) is 0 Å². The summed E-state index contributed by atoms with van der Waals surface area (Å²) in [6.45, 7) is 4.93. The molecule has 7 heteroatoms. The zero-order valence-electron chi connectivity index (χ0n) is 16.3. The second kappa shape index (κ2) is 9.43. The van der Waals surface area contributed by atoms with Gasteiger partial charge in [0, 0.05) is 12.1 Å². The summed E-state index contributed by atoms with van der Waals surface area (Å²) >= 11 is 1.23. The number of amidine groups is 1. The number of carbonyl (C=O) groups excluding carboxylic acids is 1. The van der Waals surface area contributed by atoms with E-state index in [0.29, 0.717) is 28.9 Å². The van der Waals surface area contributed by atoms with Gasteiger partial charge in [0.1, 0.15) is 5.75 Å². The quantitative estimate of drug-likeness (QED) is 0.664. The molecule has 1 fully saturated rings. The van der Waals surface area contributed by atoms with Gasteiger partial charge < -0.3 is 9.84 Å². The number of aliphatic imine (C=N–C) groups is 1. The molecule has 0 spiro atoms. The standard InChI is InChI=1S/C22H22N2O4S/c1-3-13-28-18-12-8-5-9-15(18)14-19-20(25)24(4-2)22(29-19)23-17-11-7-6-10-16(17)21(26)27/h5-12,14H,3-4,13H2,1-2H3,(H,26,27)/b19-14-,23-22?. The molecule has 6 nitrogen and oxygen atoms in total. The van der Waals surface area contributed by atoms with Crippen molar-refractivity contribution in [3.05, 3.63) is 64.6 Å². The van der Waals surface area contributed by atoms with Gasteiger partial charge in [0.25, 0.3) is 5.91 Å². The number of carboxylic acid groups (broad SMARTS) is 1. The van der Waals surface area contributed by atoms with Gasteiger partial charge in [-0.15, -0.1) is 0 Å². The molecular formula is C22H22N2O4S. The van der Waals surface area contributed by atoms with Crippen LogP contribution in [-0.2, 0) is 4.79 Å². The van der Waals surface area contributed by atoms with Crippen LogP contribution < -0.4 is 4.74 Å². The van der Waals surface area contributed by atoms with E-state index >= 15 is 0 Å². The number of hydrogen-bond acceptors (Lipinski definition) is 5. The van der Waals surface area contributed by atoms with Crippen molar-refractivity contribution in [1.82, 2.24) is 4.90 Å². The van der Waals surface area contributed by atoms with Crippen molar-refractivity contribution in [2.45, 2.75) is 20.3 Å². The summed E-state index contributed by atoms with van der Waals surface area (Å²) in [5.74, 6) is -0.491. The van der Waals surface area contributed by atoms with Crippen LogP contribution >= 0.6 is 11.8 Å². The summed E-state index contributed by atoms with van der Waals surface area (Å²) in [6.07, 6.45) is 2.69. The Kier molecular flexibility index (Phi) is 6.72. The van der Waals surface area contributed by atoms with Crippen molar-refractivity contribution >= 4 is 40.6 Å². The van der Waals surface area contributed by atoms with E-state index in [1.54, 1.807) is 29.2 Å². The first-order valence-corrected chi connectivity index (χ1v) is 10.2. The molecule has 0 atom stereocenters. The van der Waals surface area contributed by atoms with Gasteiger partial charge in [0.2, 0.25) is 0 Å². The number of hydrogen-bond donors (Lipinski definition) is 1. The number of benzene rings is 2. The van der Waals surface area contributed by atoms with Gasteiger partial charge >= 0.3 is 5.97 Å². The number of aromatic carboxylic acids is 1. The molecule has 2 aromatic carbocycles. The molecule has 1 aliphatic heterocycles. The number of thioether (sulfide) groups is 1. The Morgan fingerprint density at radius 3 is 2.62 bits per heavy atom. The minimum Gasteiger partial charge on any atom is -0.493 e. The van der Waals surface area contributed by atoms with E-state index in [4.69, 9.17) is 4.74 Å². The maximum absolute atomic E-state index is 12.9. The van der Waals surface area contributed by atoms with Gasteiger partial charge in [0.05, 0.1) is 22.8 Å². The molecule has 0 aromatic heterocycles. The lowest BCUT2D eigenvalue weighted by molar-refractivity contribution is -0.122. The molecule has 0 radical (unpaired) electrons. The lowest BCUT2D eigenvalue weighted by Gasteiger charge is -2.12. The van der Waals surface area contributed by atoms with E-state index < -0.39 is 5.97 Å². The maximum atomic E-state index is 12.9. The average Bonchev–Trinajstić information content (AvgIpc) is 3.01. The zero-order valence-corrected chi connectivity index (χ0v) is 17.1. The molecule has 1 N–H and O–H groups in total. The van der Waals surface area contributed by atoms with Crippen molar-refractivity contribution in [1.29, 1.82) is 0 Å². The van der Waals surface area contributed by atoms with Crippen molar-refractivity contribution in [3.63, 3.8) is 0 Å². The first-order valence-electron chi connectivity index (χ1n) is 9.39. The fourth-order valence-corrected chi connectivity index (χ4v) is 3.86. The Morgan fingerprint density at radius 1 is 1.17 bits per heavy atom. The van der Waals surface area contributed by atoms with Crippen LogP contribution in [-0.4, -0.2) is 40.2 Å². The number of carbonyl (C=O) groups is 2. The summed E-state index contributed by atoms with van der Waals surface area (Å²) in [7, 11) is 0. The Hall–Kier alpha value is -3.06. The fourth-order valence-electron chi connectivity index (χ4n) is 2.81. The van der Waals surface area contributed by atoms with Crippen LogP contribution in [0, 0.1) is 0 Å². The van der Waals surface area contributed by atoms with Crippen LogP contribution in [0.2, 0.25) is 0 Å². The molecule has 0 saturated carbocycles. The first kappa shape index (κ1) is 20.7. The first-order chi connectivity index (χ1) is 14.0. The summed E-state index contributed by atoms with van der Waals surface area (Å²) < 4.78 is 5.78. The monoisotopic (exact) mass is 410 g/mol. The lowest BCUT2D eigenvalue weighted by atomic mass is 10.2. The van der Waals surface area contributed by atoms with E-state index in [9.17, 15) is 14.7 Å². The van der Waals surface area contributed by atoms with Gasteiger partial charge in [-0.05, 0) is 49.4 Å². The van der Waals surface area contributed by atoms with Crippen LogP contribution in [0.15, 0.2) is 58.4 Å². The minimum absolute atomic E-state index is 0.0971. The summed E-state index contributed by atoms with van der Waals surface area (Å²) in [5.41, 5.74) is 1.24. The predicted molar refractivity (Wildman–Crippen MR) is 116 cm³/mol. The van der Waals surface area contributed by atoms with E-state index in [1.807, 2.05) is 38.1 Å². The van der Waals surface area contributed by atoms with Gasteiger partial charge in [-0.25, -0.2) is 9.79 Å². The van der Waals surface area contributed by atoms with Crippen molar-refractivity contribution < 1.29 is 19.4 Å². The SMILES string of the molecule is CCCOc1ccccc1/C=C1\SC(=Nc2ccccc2C(=O)O)N(CC)C1=O. The molecule has 1 aliphatic rings. The van der Waals surface area contributed by atoms with E-state index in [0.717, 1.165) is 17.7 Å². The van der Waals surface area contributed by atoms with Gasteiger partial charge in [0.15, 0.2) is 5.17 Å². The third kappa shape index (κ3) is 4.68. The van der Waals surface area contributed by atoms with Crippen LogP contribution in [0.1, 0.15) is 36.2 Å². The van der Waals surface area contributed by atoms with E-state index in [1.165, 1.54) is 17.8 Å². The Morgan fingerprint density at radius 2 is 1.90 bits per heavy atom. The van der Waals surface area contributed by atoms with Crippen molar-refractivity contribution in [2.24, 2.45) is 4.99 Å². The van der Waals surface area contributed by atoms with Crippen molar-refractivity contribution in [3.8, 4) is 5.75 Å². The number of amides is 1. The number of rotatable bonds is 7. The molecule has 1 saturated heterocycles. The molecule has 29 heavy (non-hydrogen) atoms. The predicted octanol–water partition coefficient (Wildman–Crippen LogP) is 4.80. The summed E-state index contributed by atoms with van der Waals surface area (Å²) in [4.78, 5) is 30.9. The topological polar surface area (TPSA) is 79.2 Å². The lowest BCUT2D eigenvalue weighted by Crippen LogP contribution is -2.28. The number of carboxylic acids is 1. The average molecular weight is 410 g/mol. The van der Waals surface area contributed by atoms with Gasteiger partial charge in [-0.3, -0.25) is 9.69 Å². The molecular weight excluding hydrogens is 388 g/mol. The molecule has 0 unspecified atom stereocenters. The van der Waals surface area contributed by atoms with Crippen LogP contribution in [0.25, 0.3) is 6.08 Å². The highest BCUT2D eigenvalue weighted by Crippen LogP contribution is 2.36. The Balaban J connectivity index is 1.97. The van der Waals surface area contributed by atoms with Crippen LogP contribution in [0.5, 0.6) is 5.75 Å². The molecule has 3 rings (SSSR count). The molecule has 0 bridgehead atoms. The van der Waals surface area contributed by atoms with Gasteiger partial charge in [-0.2, -0.15) is 0 Å². The zero-order chi connectivity index (χ0) is 20.8. The van der Waals surface area contributed by atoms with Gasteiger partial charge in [-0.1, -0.05) is 37.3 Å².